The van der Waals surface area contributed by atoms with Crippen LogP contribution < -0.4 is 20.7 Å². The molecule has 2 aromatic rings. The summed E-state index contributed by atoms with van der Waals surface area (Å²) in [6.45, 7) is 0.449. The van der Waals surface area contributed by atoms with E-state index in [1.165, 1.54) is 6.08 Å². The highest BCUT2D eigenvalue weighted by molar-refractivity contribution is 7.80. The second-order valence-electron chi connectivity index (χ2n) is 5.90. The average Bonchev–Trinajstić information content (AvgIpc) is 2.70. The monoisotopic (exact) mass is 471 g/mol. The molecular weight excluding hydrogens is 453 g/mol. The first-order valence-electron chi connectivity index (χ1n) is 8.55. The highest BCUT2D eigenvalue weighted by Crippen LogP contribution is 2.29. The summed E-state index contributed by atoms with van der Waals surface area (Å²) >= 11 is 23.2. The molecule has 0 aliphatic carbocycles. The molecule has 1 amide bonds. The number of ether oxygens (including phenoxy) is 1. The summed E-state index contributed by atoms with van der Waals surface area (Å²) in [6.07, 6.45) is 1.98. The van der Waals surface area contributed by atoms with Gasteiger partial charge in [-0.3, -0.25) is 4.79 Å². The molecule has 3 N–H and O–H groups in total. The van der Waals surface area contributed by atoms with E-state index in [0.717, 1.165) is 16.9 Å². The summed E-state index contributed by atoms with van der Waals surface area (Å²) in [5, 5.41) is 8.64. The zero-order valence-corrected chi connectivity index (χ0v) is 18.6. The minimum absolute atomic E-state index is 0.226. The second-order valence-corrected chi connectivity index (χ2v) is 8.68. The number of benzene rings is 2. The van der Waals surface area contributed by atoms with E-state index in [-0.39, 0.29) is 5.11 Å². The van der Waals surface area contributed by atoms with Crippen molar-refractivity contribution >= 4 is 64.1 Å². The molecule has 0 saturated heterocycles. The van der Waals surface area contributed by atoms with E-state index in [2.05, 4.69) is 16.0 Å². The van der Waals surface area contributed by atoms with Gasteiger partial charge in [-0.15, -0.1) is 0 Å². The van der Waals surface area contributed by atoms with Crippen molar-refractivity contribution in [3.05, 3.63) is 71.8 Å². The number of halogens is 3. The van der Waals surface area contributed by atoms with E-state index in [1.54, 1.807) is 13.2 Å². The largest absolute Gasteiger partial charge is 0.497 e. The van der Waals surface area contributed by atoms with Crippen LogP contribution in [0.5, 0.6) is 5.75 Å². The van der Waals surface area contributed by atoms with E-state index in [4.69, 9.17) is 51.8 Å². The molecule has 9 heteroatoms. The van der Waals surface area contributed by atoms with Gasteiger partial charge < -0.3 is 20.7 Å². The van der Waals surface area contributed by atoms with Crippen LogP contribution in [-0.4, -0.2) is 28.1 Å². The molecule has 2 rings (SSSR count). The van der Waals surface area contributed by atoms with Gasteiger partial charge in [0.05, 0.1) is 7.11 Å². The van der Waals surface area contributed by atoms with Crippen molar-refractivity contribution in [3.63, 3.8) is 0 Å². The van der Waals surface area contributed by atoms with Crippen molar-refractivity contribution in [2.75, 3.05) is 7.11 Å². The van der Waals surface area contributed by atoms with Crippen LogP contribution in [0.1, 0.15) is 11.1 Å². The molecule has 0 aliphatic rings. The molecule has 1 atom stereocenters. The van der Waals surface area contributed by atoms with Gasteiger partial charge in [-0.1, -0.05) is 77.3 Å². The third kappa shape index (κ3) is 8.50. The van der Waals surface area contributed by atoms with Crippen molar-refractivity contribution in [1.29, 1.82) is 0 Å². The molecule has 0 heterocycles. The Bertz CT molecular complexity index is 840. The van der Waals surface area contributed by atoms with Crippen LogP contribution in [0.3, 0.4) is 0 Å². The van der Waals surface area contributed by atoms with Crippen LogP contribution in [0.25, 0.3) is 6.08 Å². The van der Waals surface area contributed by atoms with Gasteiger partial charge in [0.2, 0.25) is 9.70 Å². The first-order valence-corrected chi connectivity index (χ1v) is 10.1. The summed E-state index contributed by atoms with van der Waals surface area (Å²) < 4.78 is 3.30. The normalized spacial score (nSPS) is 12.3. The zero-order chi connectivity index (χ0) is 21.3. The van der Waals surface area contributed by atoms with Gasteiger partial charge in [0, 0.05) is 12.6 Å². The molecule has 1 unspecified atom stereocenters. The molecule has 2 aromatic carbocycles. The van der Waals surface area contributed by atoms with Gasteiger partial charge in [0.25, 0.3) is 0 Å². The lowest BCUT2D eigenvalue weighted by atomic mass is 10.2. The van der Waals surface area contributed by atoms with Gasteiger partial charge >= 0.3 is 0 Å². The van der Waals surface area contributed by atoms with Gasteiger partial charge in [-0.2, -0.15) is 0 Å². The van der Waals surface area contributed by atoms with Crippen molar-refractivity contribution in [2.45, 2.75) is 16.5 Å². The van der Waals surface area contributed by atoms with Crippen molar-refractivity contribution < 1.29 is 9.53 Å². The minimum Gasteiger partial charge on any atom is -0.497 e. The van der Waals surface area contributed by atoms with Crippen LogP contribution in [-0.2, 0) is 11.3 Å². The van der Waals surface area contributed by atoms with E-state index < -0.39 is 15.9 Å². The Morgan fingerprint density at radius 2 is 1.76 bits per heavy atom. The molecule has 0 radical (unpaired) electrons. The van der Waals surface area contributed by atoms with E-state index in [9.17, 15) is 4.79 Å². The maximum Gasteiger partial charge on any atom is 0.245 e. The summed E-state index contributed by atoms with van der Waals surface area (Å²) in [4.78, 5) is 12.2. The van der Waals surface area contributed by atoms with Crippen LogP contribution >= 0.6 is 47.0 Å². The second kappa shape index (κ2) is 11.3. The number of rotatable bonds is 7. The number of nitrogens with one attached hydrogen (secondary N) is 3. The molecule has 0 aromatic heterocycles. The van der Waals surface area contributed by atoms with Crippen molar-refractivity contribution in [1.82, 2.24) is 16.0 Å². The maximum atomic E-state index is 12.2. The Hall–Kier alpha value is -1.99. The van der Waals surface area contributed by atoms with Crippen molar-refractivity contribution in [3.8, 4) is 5.75 Å². The Balaban J connectivity index is 1.90. The summed E-state index contributed by atoms with van der Waals surface area (Å²) in [7, 11) is 1.60. The fourth-order valence-electron chi connectivity index (χ4n) is 2.23. The minimum atomic E-state index is -1.82. The molecular formula is C20H20Cl3N3O2S. The third-order valence-corrected chi connectivity index (χ3v) is 4.65. The molecule has 5 nitrogen and oxygen atoms in total. The van der Waals surface area contributed by atoms with Crippen molar-refractivity contribution in [2.24, 2.45) is 0 Å². The molecule has 29 heavy (non-hydrogen) atoms. The Morgan fingerprint density at radius 3 is 2.34 bits per heavy atom. The fourth-order valence-corrected chi connectivity index (χ4v) is 2.75. The predicted molar refractivity (Wildman–Crippen MR) is 123 cm³/mol. The van der Waals surface area contributed by atoms with Crippen LogP contribution in [0.4, 0.5) is 0 Å². The van der Waals surface area contributed by atoms with E-state index in [0.29, 0.717) is 6.54 Å². The fraction of sp³-hybridized carbons (Fsp3) is 0.200. The number of alkyl halides is 3. The molecule has 0 saturated carbocycles. The number of carbonyl (C=O) groups is 1. The predicted octanol–water partition coefficient (Wildman–Crippen LogP) is 4.19. The molecule has 0 spiro atoms. The van der Waals surface area contributed by atoms with E-state index >= 15 is 0 Å². The lowest BCUT2D eigenvalue weighted by Crippen LogP contribution is -2.57. The van der Waals surface area contributed by atoms with Gasteiger partial charge in [-0.25, -0.2) is 0 Å². The molecule has 154 valence electrons. The number of methoxy groups -OCH3 is 1. The summed E-state index contributed by atoms with van der Waals surface area (Å²) in [5.74, 6) is 0.327. The zero-order valence-electron chi connectivity index (χ0n) is 15.5. The van der Waals surface area contributed by atoms with Crippen LogP contribution in [0.15, 0.2) is 60.7 Å². The Labute approximate surface area is 190 Å². The standard InChI is InChI=1S/C20H20Cl3N3O2S/c1-28-16-10-7-15(8-11-16)13-24-19(29)26-18(20(21,22)23)25-17(27)12-9-14-5-3-2-4-6-14/h2-12,18H,13H2,1H3,(H,25,27)(H2,24,26,29)/b12-9+. The highest BCUT2D eigenvalue weighted by atomic mass is 35.6. The Morgan fingerprint density at radius 1 is 1.10 bits per heavy atom. The Kier molecular flexibility index (Phi) is 9.04. The van der Waals surface area contributed by atoms with Gasteiger partial charge in [0.1, 0.15) is 11.9 Å². The first-order chi connectivity index (χ1) is 13.8. The molecule has 0 fully saturated rings. The highest BCUT2D eigenvalue weighted by Gasteiger charge is 2.34. The smallest absolute Gasteiger partial charge is 0.245 e. The number of carbonyl (C=O) groups excluding carboxylic acids is 1. The summed E-state index contributed by atoms with van der Waals surface area (Å²) in [5.41, 5.74) is 1.85. The quantitative estimate of drug-likeness (QED) is 0.244. The average molecular weight is 473 g/mol. The topological polar surface area (TPSA) is 62.4 Å². The molecule has 0 aliphatic heterocycles. The third-order valence-electron chi connectivity index (χ3n) is 3.73. The summed E-state index contributed by atoms with van der Waals surface area (Å²) in [6, 6.07) is 16.9. The molecule has 0 bridgehead atoms. The van der Waals surface area contributed by atoms with Gasteiger partial charge in [0.15, 0.2) is 5.11 Å². The number of hydrogen-bond acceptors (Lipinski definition) is 3. The number of amides is 1. The maximum absolute atomic E-state index is 12.2. The lowest BCUT2D eigenvalue weighted by molar-refractivity contribution is -0.117. The van der Waals surface area contributed by atoms with Crippen LogP contribution in [0, 0.1) is 0 Å². The SMILES string of the molecule is COc1ccc(CNC(=S)NC(NC(=O)/C=C/c2ccccc2)C(Cl)(Cl)Cl)cc1. The number of thiocarbonyl (C=S) groups is 1. The first kappa shape index (κ1) is 23.3. The number of hydrogen-bond donors (Lipinski definition) is 3. The van der Waals surface area contributed by atoms with E-state index in [1.807, 2.05) is 54.6 Å². The van der Waals surface area contributed by atoms with Crippen LogP contribution in [0.2, 0.25) is 0 Å². The lowest BCUT2D eigenvalue weighted by Gasteiger charge is -2.27. The van der Waals surface area contributed by atoms with Gasteiger partial charge in [-0.05, 0) is 41.6 Å².